The summed E-state index contributed by atoms with van der Waals surface area (Å²) in [4.78, 5) is 65.5. The molecule has 2 aromatic rings. The summed E-state index contributed by atoms with van der Waals surface area (Å²) in [6, 6.07) is 8.55. The van der Waals surface area contributed by atoms with E-state index in [-0.39, 0.29) is 47.2 Å². The highest BCUT2D eigenvalue weighted by Gasteiger charge is 2.57. The number of phenols is 1. The first kappa shape index (κ1) is 47.7. The van der Waals surface area contributed by atoms with Gasteiger partial charge in [-0.3, -0.25) is 19.2 Å². The minimum Gasteiger partial charge on any atom is -0.508 e. The third kappa shape index (κ3) is 10.9. The van der Waals surface area contributed by atoms with Crippen LogP contribution in [0.3, 0.4) is 0 Å². The monoisotopic (exact) mass is 807 g/mol. The van der Waals surface area contributed by atoms with Gasteiger partial charge in [-0.1, -0.05) is 52.8 Å². The molecule has 320 valence electrons. The second-order valence-corrected chi connectivity index (χ2v) is 15.2. The van der Waals surface area contributed by atoms with E-state index in [1.54, 1.807) is 25.2 Å². The van der Waals surface area contributed by atoms with E-state index in [4.69, 9.17) is 10.5 Å². The number of allylic oxidation sites excluding steroid dienone is 1. The van der Waals surface area contributed by atoms with Crippen LogP contribution in [0.4, 0.5) is 0 Å². The number of Topliss-reactive ketones (excluding diaryl/α,β-unsaturated/α-hetero) is 1. The summed E-state index contributed by atoms with van der Waals surface area (Å²) in [5.41, 5.74) is 7.86. The van der Waals surface area contributed by atoms with Crippen molar-refractivity contribution in [1.82, 2.24) is 21.3 Å². The molecule has 0 aliphatic heterocycles. The van der Waals surface area contributed by atoms with E-state index < -0.39 is 59.8 Å². The van der Waals surface area contributed by atoms with Crippen molar-refractivity contribution < 1.29 is 44.0 Å². The van der Waals surface area contributed by atoms with Gasteiger partial charge in [0.2, 0.25) is 17.7 Å². The summed E-state index contributed by atoms with van der Waals surface area (Å²) < 4.78 is 5.69. The fourth-order valence-electron chi connectivity index (χ4n) is 8.66. The molecule has 2 saturated carbocycles. The van der Waals surface area contributed by atoms with E-state index in [9.17, 15) is 39.3 Å². The van der Waals surface area contributed by atoms with Crippen molar-refractivity contribution in [2.75, 3.05) is 13.6 Å². The lowest BCUT2D eigenvalue weighted by molar-refractivity contribution is -0.132. The van der Waals surface area contributed by atoms with Crippen LogP contribution in [-0.4, -0.2) is 88.7 Å². The van der Waals surface area contributed by atoms with Gasteiger partial charge in [0.05, 0.1) is 29.5 Å². The molecule has 9 atom stereocenters. The van der Waals surface area contributed by atoms with Gasteiger partial charge in [-0.05, 0) is 117 Å². The average Bonchev–Trinajstić information content (AvgIpc) is 3.45. The van der Waals surface area contributed by atoms with Gasteiger partial charge in [0.15, 0.2) is 5.78 Å². The molecular weight excluding hydrogens is 743 g/mol. The van der Waals surface area contributed by atoms with Crippen molar-refractivity contribution in [2.45, 2.75) is 130 Å². The molecule has 2 aromatic carbocycles. The standard InChI is InChI=1S/C40H53N5O9.2C2H6/c1-20(39(53)54-26-11-13-27-24(17-26)8-12-29-28(27)14-15-40(4)30(29)18-33(48)35(40)49)34(22(3)46)45-36(50)21(2)43-37(51)31(44-38(52)32(19-41)42-5)16-23-6-9-25(47)10-7-23;2*1-2/h6-7,9-11,13,17,21,28-33,35,42,47-49H,8,12,14-16,18-19,41H2,1-5H3,(H,43,51)(H,44,52)(H,45,50);2*1-2H3/b34-20-;;/t21?,28-,29?,30+,31?,32?,33-,35?,40?;;/m1../s1. The topological polar surface area (TPSA) is 229 Å². The van der Waals surface area contributed by atoms with Crippen molar-refractivity contribution in [1.29, 1.82) is 0 Å². The number of ether oxygens (including phenoxy) is 1. The Hall–Kier alpha value is -4.63. The maximum atomic E-state index is 13.4. The first-order chi connectivity index (χ1) is 27.6. The van der Waals surface area contributed by atoms with Crippen LogP contribution in [0.1, 0.15) is 104 Å². The van der Waals surface area contributed by atoms with Crippen molar-refractivity contribution >= 4 is 29.5 Å². The van der Waals surface area contributed by atoms with Crippen LogP contribution in [0, 0.1) is 17.3 Å². The third-order valence-electron chi connectivity index (χ3n) is 11.8. The number of benzene rings is 2. The van der Waals surface area contributed by atoms with Gasteiger partial charge in [-0.25, -0.2) is 4.79 Å². The van der Waals surface area contributed by atoms with Crippen LogP contribution in [0.25, 0.3) is 0 Å². The number of hydrogen-bond donors (Lipinski definition) is 8. The molecule has 2 fully saturated rings. The predicted molar refractivity (Wildman–Crippen MR) is 222 cm³/mol. The first-order valence-electron chi connectivity index (χ1n) is 20.6. The predicted octanol–water partition coefficient (Wildman–Crippen LogP) is 3.30. The van der Waals surface area contributed by atoms with E-state index in [1.807, 2.05) is 39.8 Å². The second kappa shape index (κ2) is 21.4. The number of fused-ring (bicyclic) bond motifs is 5. The molecule has 0 bridgehead atoms. The van der Waals surface area contributed by atoms with Gasteiger partial charge in [0.25, 0.3) is 0 Å². The van der Waals surface area contributed by atoms with Gasteiger partial charge in [-0.15, -0.1) is 0 Å². The summed E-state index contributed by atoms with van der Waals surface area (Å²) in [6.45, 7) is 14.0. The molecule has 5 rings (SSSR count). The number of likely N-dealkylation sites (N-methyl/N-ethyl adjacent to an activating group) is 1. The number of ketones is 1. The zero-order valence-corrected chi connectivity index (χ0v) is 35.5. The SMILES string of the molecule is CC.CC.CNC(CN)C(=O)NC(Cc1ccc(O)cc1)C(=O)NC(C)C(=O)N/C(C(C)=O)=C(/C)C(=O)Oc1ccc2c(c1)CCC1[C@@H]2CCC2(C)C(O)[C@H](O)C[C@@H]12. The number of rotatable bonds is 13. The van der Waals surface area contributed by atoms with Gasteiger partial charge in [-0.2, -0.15) is 0 Å². The number of nitrogens with two attached hydrogens (primary N) is 1. The van der Waals surface area contributed by atoms with Crippen LogP contribution < -0.4 is 31.7 Å². The van der Waals surface area contributed by atoms with E-state index in [0.29, 0.717) is 23.7 Å². The molecular formula is C44H65N5O9. The highest BCUT2D eigenvalue weighted by molar-refractivity contribution is 6.06. The molecule has 6 unspecified atom stereocenters. The quantitative estimate of drug-likeness (QED) is 0.0832. The number of carbonyl (C=O) groups excluding carboxylic acids is 5. The molecule has 0 spiro atoms. The van der Waals surface area contributed by atoms with Crippen molar-refractivity contribution in [3.8, 4) is 11.5 Å². The van der Waals surface area contributed by atoms with Crippen molar-refractivity contribution in [2.24, 2.45) is 23.0 Å². The van der Waals surface area contributed by atoms with Crippen LogP contribution in [-0.2, 0) is 36.8 Å². The Labute approximate surface area is 342 Å². The Bertz CT molecular complexity index is 1790. The number of nitrogens with one attached hydrogen (secondary N) is 4. The van der Waals surface area contributed by atoms with Gasteiger partial charge in [0.1, 0.15) is 23.6 Å². The highest BCUT2D eigenvalue weighted by Crippen LogP contribution is 2.61. The Morgan fingerprint density at radius 1 is 0.914 bits per heavy atom. The normalized spacial score (nSPS) is 24.8. The molecule has 3 aliphatic carbocycles. The van der Waals surface area contributed by atoms with Gasteiger partial charge >= 0.3 is 5.97 Å². The first-order valence-corrected chi connectivity index (χ1v) is 20.6. The molecule has 58 heavy (non-hydrogen) atoms. The Morgan fingerprint density at radius 3 is 2.16 bits per heavy atom. The van der Waals surface area contributed by atoms with E-state index in [0.717, 1.165) is 31.2 Å². The lowest BCUT2D eigenvalue weighted by atomic mass is 9.55. The lowest BCUT2D eigenvalue weighted by Crippen LogP contribution is -2.57. The Balaban J connectivity index is 0.00000218. The lowest BCUT2D eigenvalue weighted by Gasteiger charge is -2.49. The Kier molecular flexibility index (Phi) is 17.6. The number of aryl methyl sites for hydroxylation is 1. The van der Waals surface area contributed by atoms with E-state index in [2.05, 4.69) is 28.2 Å². The molecule has 9 N–H and O–H groups in total. The molecule has 0 heterocycles. The van der Waals surface area contributed by atoms with E-state index in [1.165, 1.54) is 38.5 Å². The number of hydrogen-bond acceptors (Lipinski definition) is 11. The van der Waals surface area contributed by atoms with Crippen LogP contribution in [0.5, 0.6) is 11.5 Å². The molecule has 14 heteroatoms. The summed E-state index contributed by atoms with van der Waals surface area (Å²) in [5, 5.41) is 41.3. The molecule has 3 amide bonds. The number of aromatic hydroxyl groups is 1. The summed E-state index contributed by atoms with van der Waals surface area (Å²) >= 11 is 0. The molecule has 0 aromatic heterocycles. The number of amides is 3. The summed E-state index contributed by atoms with van der Waals surface area (Å²) in [7, 11) is 1.56. The minimum absolute atomic E-state index is 0.0250. The minimum atomic E-state index is -1.19. The van der Waals surface area contributed by atoms with Crippen LogP contribution in [0.15, 0.2) is 53.7 Å². The Morgan fingerprint density at radius 2 is 1.55 bits per heavy atom. The van der Waals surface area contributed by atoms with Crippen LogP contribution in [0.2, 0.25) is 0 Å². The second-order valence-electron chi connectivity index (χ2n) is 15.2. The zero-order chi connectivity index (χ0) is 43.5. The fraction of sp³-hybridized carbons (Fsp3) is 0.568. The summed E-state index contributed by atoms with van der Waals surface area (Å²) in [6.07, 6.45) is 2.60. The largest absolute Gasteiger partial charge is 0.508 e. The number of carbonyl (C=O) groups is 5. The molecule has 0 saturated heterocycles. The fourth-order valence-corrected chi connectivity index (χ4v) is 8.66. The van der Waals surface area contributed by atoms with Crippen LogP contribution >= 0.6 is 0 Å². The average molecular weight is 808 g/mol. The molecule has 14 nitrogen and oxygen atoms in total. The smallest absolute Gasteiger partial charge is 0.341 e. The van der Waals surface area contributed by atoms with Crippen molar-refractivity contribution in [3.63, 3.8) is 0 Å². The highest BCUT2D eigenvalue weighted by atomic mass is 16.5. The van der Waals surface area contributed by atoms with Gasteiger partial charge < -0.3 is 47.1 Å². The molecule has 0 radical (unpaired) electrons. The maximum Gasteiger partial charge on any atom is 0.341 e. The number of esters is 1. The number of aliphatic hydroxyl groups is 2. The van der Waals surface area contributed by atoms with E-state index >= 15 is 0 Å². The summed E-state index contributed by atoms with van der Waals surface area (Å²) in [5.74, 6) is -2.22. The third-order valence-corrected chi connectivity index (χ3v) is 11.8. The van der Waals surface area contributed by atoms with Crippen molar-refractivity contribution in [3.05, 3.63) is 70.4 Å². The number of phenolic OH excluding ortho intramolecular Hbond substituents is 1. The number of aliphatic hydroxyl groups excluding tert-OH is 2. The molecule has 3 aliphatic rings. The van der Waals surface area contributed by atoms with Gasteiger partial charge in [0, 0.05) is 19.9 Å². The maximum absolute atomic E-state index is 13.4. The zero-order valence-electron chi connectivity index (χ0n) is 35.5.